The maximum absolute atomic E-state index is 13.3. The number of phenolic OH excluding ortho intramolecular Hbond substituents is 1. The van der Waals surface area contributed by atoms with E-state index in [9.17, 15) is 14.7 Å². The molecular weight excluding hydrogens is 364 g/mol. The van der Waals surface area contributed by atoms with Crippen molar-refractivity contribution in [3.63, 3.8) is 0 Å². The zero-order chi connectivity index (χ0) is 20.5. The van der Waals surface area contributed by atoms with Crippen molar-refractivity contribution in [3.8, 4) is 5.75 Å². The van der Waals surface area contributed by atoms with Crippen LogP contribution in [0.2, 0.25) is 0 Å². The molecule has 4 aromatic rings. The van der Waals surface area contributed by atoms with Gasteiger partial charge in [0.2, 0.25) is 0 Å². The first kappa shape index (κ1) is 18.3. The Morgan fingerprint density at radius 3 is 2.10 bits per heavy atom. The number of benzene rings is 4. The van der Waals surface area contributed by atoms with Crippen molar-refractivity contribution in [1.82, 2.24) is 0 Å². The lowest BCUT2D eigenvalue weighted by Crippen LogP contribution is -2.13. The highest BCUT2D eigenvalue weighted by atomic mass is 16.3. The Morgan fingerprint density at radius 1 is 0.690 bits per heavy atom. The molecule has 0 heterocycles. The molecule has 0 atom stereocenters. The Balaban J connectivity index is 2.00. The molecule has 5 nitrogen and oxygen atoms in total. The summed E-state index contributed by atoms with van der Waals surface area (Å²) in [5.41, 5.74) is 13.8. The van der Waals surface area contributed by atoms with Crippen molar-refractivity contribution in [2.75, 3.05) is 11.5 Å². The smallest absolute Gasteiger partial charge is 0.195 e. The van der Waals surface area contributed by atoms with Gasteiger partial charge in [0.25, 0.3) is 0 Å². The van der Waals surface area contributed by atoms with Crippen LogP contribution in [-0.2, 0) is 0 Å². The van der Waals surface area contributed by atoms with E-state index in [1.54, 1.807) is 66.7 Å². The zero-order valence-corrected chi connectivity index (χ0v) is 15.4. The summed E-state index contributed by atoms with van der Waals surface area (Å²) in [5, 5.41) is 11.2. The molecule has 0 amide bonds. The van der Waals surface area contributed by atoms with Crippen molar-refractivity contribution < 1.29 is 14.7 Å². The Kier molecular flexibility index (Phi) is 4.49. The number of carbonyl (C=O) groups excluding carboxylic acids is 2. The number of aromatic hydroxyl groups is 1. The van der Waals surface area contributed by atoms with Gasteiger partial charge < -0.3 is 16.6 Å². The molecule has 0 aliphatic heterocycles. The third-order valence-electron chi connectivity index (χ3n) is 4.86. The fraction of sp³-hybridized carbons (Fsp3) is 0. The van der Waals surface area contributed by atoms with Gasteiger partial charge in [-0.1, -0.05) is 54.6 Å². The van der Waals surface area contributed by atoms with Crippen LogP contribution < -0.4 is 11.5 Å². The maximum atomic E-state index is 13.3. The van der Waals surface area contributed by atoms with Gasteiger partial charge in [-0.05, 0) is 29.7 Å². The van der Waals surface area contributed by atoms with E-state index in [4.69, 9.17) is 11.5 Å². The van der Waals surface area contributed by atoms with Crippen molar-refractivity contribution in [2.24, 2.45) is 0 Å². The van der Waals surface area contributed by atoms with Crippen LogP contribution in [-0.4, -0.2) is 16.7 Å². The van der Waals surface area contributed by atoms with Gasteiger partial charge in [0, 0.05) is 27.8 Å². The number of nitrogen functional groups attached to an aromatic ring is 2. The number of fused-ring (bicyclic) bond motifs is 1. The summed E-state index contributed by atoms with van der Waals surface area (Å²) in [6.45, 7) is 0. The molecule has 0 aromatic heterocycles. The number of anilines is 2. The molecule has 0 fully saturated rings. The summed E-state index contributed by atoms with van der Waals surface area (Å²) in [5.74, 6) is -0.728. The normalized spacial score (nSPS) is 10.8. The first-order valence-corrected chi connectivity index (χ1v) is 9.01. The Labute approximate surface area is 167 Å². The summed E-state index contributed by atoms with van der Waals surface area (Å²) in [4.78, 5) is 26.4. The van der Waals surface area contributed by atoms with Crippen LogP contribution in [0.25, 0.3) is 10.8 Å². The van der Waals surface area contributed by atoms with Crippen LogP contribution in [0.5, 0.6) is 5.75 Å². The van der Waals surface area contributed by atoms with Gasteiger partial charge >= 0.3 is 0 Å². The van der Waals surface area contributed by atoms with Gasteiger partial charge in [0.15, 0.2) is 11.6 Å². The number of hydrogen-bond acceptors (Lipinski definition) is 5. The third-order valence-corrected chi connectivity index (χ3v) is 4.86. The number of nitrogens with two attached hydrogens (primary N) is 2. The average Bonchev–Trinajstić information content (AvgIpc) is 2.73. The second-order valence-electron chi connectivity index (χ2n) is 6.73. The molecule has 5 heteroatoms. The van der Waals surface area contributed by atoms with Gasteiger partial charge in [-0.25, -0.2) is 0 Å². The number of rotatable bonds is 4. The number of carbonyl (C=O) groups is 2. The minimum absolute atomic E-state index is 0.0359. The molecule has 142 valence electrons. The zero-order valence-electron chi connectivity index (χ0n) is 15.4. The molecule has 29 heavy (non-hydrogen) atoms. The van der Waals surface area contributed by atoms with E-state index in [1.807, 2.05) is 0 Å². The molecule has 0 radical (unpaired) electrons. The standard InChI is InChI=1S/C24H18N2O3/c25-16-9-4-8-15(12-16)24(29)21-17-10-5-11-20(27)18(17)13-19(22(21)26)23(28)14-6-2-1-3-7-14/h1-13,27H,25-26H2. The van der Waals surface area contributed by atoms with Crippen LogP contribution in [0, 0.1) is 0 Å². The molecule has 0 aliphatic carbocycles. The number of phenols is 1. The molecule has 0 spiro atoms. The number of ketones is 2. The Bertz CT molecular complexity index is 1260. The first-order valence-electron chi connectivity index (χ1n) is 9.01. The van der Waals surface area contributed by atoms with Crippen molar-refractivity contribution in [2.45, 2.75) is 0 Å². The van der Waals surface area contributed by atoms with Crippen LogP contribution in [0.3, 0.4) is 0 Å². The summed E-state index contributed by atoms with van der Waals surface area (Å²) >= 11 is 0. The van der Waals surface area contributed by atoms with Gasteiger partial charge in [0.05, 0.1) is 11.3 Å². The van der Waals surface area contributed by atoms with E-state index in [-0.39, 0.29) is 34.1 Å². The van der Waals surface area contributed by atoms with E-state index in [2.05, 4.69) is 0 Å². The fourth-order valence-electron chi connectivity index (χ4n) is 3.43. The van der Waals surface area contributed by atoms with Crippen LogP contribution >= 0.6 is 0 Å². The van der Waals surface area contributed by atoms with Crippen molar-refractivity contribution >= 4 is 33.7 Å². The molecule has 0 saturated heterocycles. The molecule has 5 N–H and O–H groups in total. The third kappa shape index (κ3) is 3.19. The van der Waals surface area contributed by atoms with Gasteiger partial charge in [0.1, 0.15) is 5.75 Å². The van der Waals surface area contributed by atoms with E-state index < -0.39 is 0 Å². The van der Waals surface area contributed by atoms with Crippen molar-refractivity contribution in [1.29, 1.82) is 0 Å². The number of hydrogen-bond donors (Lipinski definition) is 3. The second-order valence-corrected chi connectivity index (χ2v) is 6.73. The van der Waals surface area contributed by atoms with Crippen molar-refractivity contribution in [3.05, 3.63) is 101 Å². The highest BCUT2D eigenvalue weighted by Crippen LogP contribution is 2.35. The van der Waals surface area contributed by atoms with E-state index in [0.717, 1.165) is 0 Å². The molecule has 0 aliphatic rings. The molecule has 4 rings (SSSR count). The minimum atomic E-state index is -0.367. The average molecular weight is 382 g/mol. The summed E-state index contributed by atoms with van der Waals surface area (Å²) in [6.07, 6.45) is 0. The quantitative estimate of drug-likeness (QED) is 0.363. The molecule has 0 saturated carbocycles. The lowest BCUT2D eigenvalue weighted by atomic mass is 9.89. The van der Waals surface area contributed by atoms with Gasteiger partial charge in [-0.3, -0.25) is 9.59 Å². The van der Waals surface area contributed by atoms with Gasteiger partial charge in [-0.2, -0.15) is 0 Å². The summed E-state index contributed by atoms with van der Waals surface area (Å²) < 4.78 is 0. The van der Waals surface area contributed by atoms with Gasteiger partial charge in [-0.15, -0.1) is 0 Å². The van der Waals surface area contributed by atoms with Crippen LogP contribution in [0.15, 0.2) is 78.9 Å². The molecule has 0 unspecified atom stereocenters. The van der Waals surface area contributed by atoms with Crippen LogP contribution in [0.1, 0.15) is 31.8 Å². The predicted octanol–water partition coefficient (Wildman–Crippen LogP) is 4.17. The second kappa shape index (κ2) is 7.13. The largest absolute Gasteiger partial charge is 0.507 e. The lowest BCUT2D eigenvalue weighted by Gasteiger charge is -2.15. The first-order chi connectivity index (χ1) is 14.0. The predicted molar refractivity (Wildman–Crippen MR) is 114 cm³/mol. The molecule has 4 aromatic carbocycles. The summed E-state index contributed by atoms with van der Waals surface area (Å²) in [7, 11) is 0. The van der Waals surface area contributed by atoms with E-state index in [1.165, 1.54) is 12.1 Å². The highest BCUT2D eigenvalue weighted by Gasteiger charge is 2.23. The lowest BCUT2D eigenvalue weighted by molar-refractivity contribution is 0.103. The molecule has 0 bridgehead atoms. The Hall–Kier alpha value is -4.12. The van der Waals surface area contributed by atoms with E-state index >= 15 is 0 Å². The van der Waals surface area contributed by atoms with E-state index in [0.29, 0.717) is 27.6 Å². The van der Waals surface area contributed by atoms with Crippen LogP contribution in [0.4, 0.5) is 11.4 Å². The maximum Gasteiger partial charge on any atom is 0.195 e. The molecular formula is C24H18N2O3. The summed E-state index contributed by atoms with van der Waals surface area (Å²) in [6, 6.07) is 21.6. The SMILES string of the molecule is Nc1cccc(C(=O)c2c(N)c(C(=O)c3ccccc3)cc3c(O)cccc23)c1. The Morgan fingerprint density at radius 2 is 1.38 bits per heavy atom. The highest BCUT2D eigenvalue weighted by molar-refractivity contribution is 6.25. The monoisotopic (exact) mass is 382 g/mol. The fourth-order valence-corrected chi connectivity index (χ4v) is 3.43. The topological polar surface area (TPSA) is 106 Å². The minimum Gasteiger partial charge on any atom is -0.507 e.